The maximum atomic E-state index is 12.7. The molecule has 0 bridgehead atoms. The van der Waals surface area contributed by atoms with Crippen molar-refractivity contribution in [3.8, 4) is 22.8 Å². The second kappa shape index (κ2) is 12.8. The van der Waals surface area contributed by atoms with Crippen LogP contribution in [-0.2, 0) is 6.54 Å². The lowest BCUT2D eigenvalue weighted by Gasteiger charge is -2.11. The average molecular weight is 530 g/mol. The molecule has 0 aliphatic carbocycles. The zero-order valence-corrected chi connectivity index (χ0v) is 21.4. The van der Waals surface area contributed by atoms with E-state index in [0.717, 1.165) is 11.1 Å². The van der Waals surface area contributed by atoms with Gasteiger partial charge in [0.2, 0.25) is 5.95 Å². The molecule has 2 heterocycles. The quantitative estimate of drug-likeness (QED) is 0.140. The van der Waals surface area contributed by atoms with Crippen LogP contribution in [0.5, 0.6) is 11.5 Å². The minimum Gasteiger partial charge on any atom is -0.493 e. The third kappa shape index (κ3) is 7.16. The first-order valence-corrected chi connectivity index (χ1v) is 12.0. The second-order valence-corrected chi connectivity index (χ2v) is 8.23. The molecule has 2 aromatic heterocycles. The molecule has 0 saturated heterocycles. The highest BCUT2D eigenvalue weighted by molar-refractivity contribution is 5.94. The lowest BCUT2D eigenvalue weighted by molar-refractivity contribution is -0.385. The number of methoxy groups -OCH3 is 2. The number of anilines is 2. The number of hydrogen-bond donors (Lipinski definition) is 3. The molecule has 0 saturated carbocycles. The van der Waals surface area contributed by atoms with Gasteiger partial charge < -0.3 is 25.4 Å². The molecule has 200 valence electrons. The van der Waals surface area contributed by atoms with Crippen molar-refractivity contribution in [1.82, 2.24) is 20.3 Å². The van der Waals surface area contributed by atoms with E-state index in [2.05, 4.69) is 30.9 Å². The number of nitrogens with zero attached hydrogens (tertiary/aromatic N) is 4. The zero-order valence-electron chi connectivity index (χ0n) is 21.4. The highest BCUT2D eigenvalue weighted by Crippen LogP contribution is 2.27. The first-order chi connectivity index (χ1) is 19.0. The van der Waals surface area contributed by atoms with Crippen molar-refractivity contribution in [2.75, 3.05) is 37.9 Å². The Morgan fingerprint density at radius 1 is 0.923 bits per heavy atom. The van der Waals surface area contributed by atoms with E-state index in [1.54, 1.807) is 50.7 Å². The van der Waals surface area contributed by atoms with Crippen molar-refractivity contribution in [3.05, 3.63) is 94.3 Å². The van der Waals surface area contributed by atoms with Gasteiger partial charge in [-0.2, -0.15) is 0 Å². The standard InChI is InChI=1S/C27H27N7O5/c1-38-23-9-3-18(15-24(23)39-2)16-32-26(35)20-6-4-19(5-7-20)22-11-12-29-27(33-22)30-14-13-28-25-10-8-21(17-31-25)34(36)37/h3-12,15,17H,13-14,16H2,1-2H3,(H,28,31)(H,32,35)(H,29,30,33). The predicted octanol–water partition coefficient (Wildman–Crippen LogP) is 3.92. The van der Waals surface area contributed by atoms with Crippen LogP contribution in [0.25, 0.3) is 11.3 Å². The van der Waals surface area contributed by atoms with Gasteiger partial charge in [0, 0.05) is 43.0 Å². The van der Waals surface area contributed by atoms with Crippen LogP contribution in [0.1, 0.15) is 15.9 Å². The minimum atomic E-state index is -0.493. The Morgan fingerprint density at radius 2 is 1.69 bits per heavy atom. The highest BCUT2D eigenvalue weighted by Gasteiger charge is 2.10. The Hall–Kier alpha value is -5.26. The monoisotopic (exact) mass is 529 g/mol. The number of ether oxygens (including phenoxy) is 2. The molecule has 0 unspecified atom stereocenters. The van der Waals surface area contributed by atoms with Crippen molar-refractivity contribution >= 4 is 23.4 Å². The van der Waals surface area contributed by atoms with E-state index in [4.69, 9.17) is 9.47 Å². The molecule has 2 aromatic carbocycles. The van der Waals surface area contributed by atoms with Crippen LogP contribution in [0.2, 0.25) is 0 Å². The van der Waals surface area contributed by atoms with Crippen LogP contribution in [0.3, 0.4) is 0 Å². The smallest absolute Gasteiger partial charge is 0.287 e. The molecule has 1 amide bonds. The van der Waals surface area contributed by atoms with Crippen molar-refractivity contribution in [1.29, 1.82) is 0 Å². The molecule has 12 heteroatoms. The first kappa shape index (κ1) is 26.8. The number of aromatic nitrogens is 3. The van der Waals surface area contributed by atoms with Gasteiger partial charge in [-0.15, -0.1) is 0 Å². The summed E-state index contributed by atoms with van der Waals surface area (Å²) in [5.74, 6) is 2.01. The molecule has 0 aliphatic heterocycles. The van der Waals surface area contributed by atoms with Crippen LogP contribution in [0.15, 0.2) is 73.1 Å². The molecule has 0 fully saturated rings. The van der Waals surface area contributed by atoms with E-state index >= 15 is 0 Å². The summed E-state index contributed by atoms with van der Waals surface area (Å²) in [5.41, 5.74) is 2.89. The molecule has 4 aromatic rings. The van der Waals surface area contributed by atoms with E-state index in [9.17, 15) is 14.9 Å². The van der Waals surface area contributed by atoms with Gasteiger partial charge in [-0.25, -0.2) is 15.0 Å². The second-order valence-electron chi connectivity index (χ2n) is 8.23. The summed E-state index contributed by atoms with van der Waals surface area (Å²) in [6, 6.07) is 17.4. The predicted molar refractivity (Wildman–Crippen MR) is 146 cm³/mol. The largest absolute Gasteiger partial charge is 0.493 e. The van der Waals surface area contributed by atoms with Crippen molar-refractivity contribution in [2.24, 2.45) is 0 Å². The summed E-state index contributed by atoms with van der Waals surface area (Å²) in [6.45, 7) is 1.35. The third-order valence-electron chi connectivity index (χ3n) is 5.67. The number of pyridine rings is 1. The number of benzene rings is 2. The molecule has 3 N–H and O–H groups in total. The van der Waals surface area contributed by atoms with E-state index in [0.29, 0.717) is 54.2 Å². The summed E-state index contributed by atoms with van der Waals surface area (Å²) in [4.78, 5) is 35.7. The van der Waals surface area contributed by atoms with E-state index in [-0.39, 0.29) is 11.6 Å². The van der Waals surface area contributed by atoms with Crippen molar-refractivity contribution in [3.63, 3.8) is 0 Å². The molecule has 0 radical (unpaired) electrons. The molecule has 4 rings (SSSR count). The van der Waals surface area contributed by atoms with Crippen molar-refractivity contribution in [2.45, 2.75) is 6.54 Å². The molecule has 0 atom stereocenters. The topological polar surface area (TPSA) is 153 Å². The number of nitrogens with one attached hydrogen (secondary N) is 3. The summed E-state index contributed by atoms with van der Waals surface area (Å²) < 4.78 is 10.6. The summed E-state index contributed by atoms with van der Waals surface area (Å²) in [5, 5.41) is 19.8. The summed E-state index contributed by atoms with van der Waals surface area (Å²) >= 11 is 0. The Balaban J connectivity index is 1.29. The number of amides is 1. The molecule has 39 heavy (non-hydrogen) atoms. The number of rotatable bonds is 12. The fourth-order valence-corrected chi connectivity index (χ4v) is 3.64. The van der Waals surface area contributed by atoms with E-state index < -0.39 is 4.92 Å². The molecular weight excluding hydrogens is 502 g/mol. The molecule has 0 spiro atoms. The molecular formula is C27H27N7O5. The summed E-state index contributed by atoms with van der Waals surface area (Å²) in [7, 11) is 3.14. The summed E-state index contributed by atoms with van der Waals surface area (Å²) in [6.07, 6.45) is 2.86. The van der Waals surface area contributed by atoms with Crippen LogP contribution in [0, 0.1) is 10.1 Å². The molecule has 0 aliphatic rings. The van der Waals surface area contributed by atoms with Gasteiger partial charge in [0.1, 0.15) is 12.0 Å². The molecule has 12 nitrogen and oxygen atoms in total. The van der Waals surface area contributed by atoms with Gasteiger partial charge in [0.25, 0.3) is 11.6 Å². The van der Waals surface area contributed by atoms with E-state index in [1.807, 2.05) is 24.3 Å². The average Bonchev–Trinajstić information content (AvgIpc) is 2.98. The third-order valence-corrected chi connectivity index (χ3v) is 5.67. The van der Waals surface area contributed by atoms with Gasteiger partial charge in [-0.05, 0) is 42.0 Å². The van der Waals surface area contributed by atoms with Crippen molar-refractivity contribution < 1.29 is 19.2 Å². The fourth-order valence-electron chi connectivity index (χ4n) is 3.64. The Bertz CT molecular complexity index is 1430. The van der Waals surface area contributed by atoms with Crippen LogP contribution >= 0.6 is 0 Å². The lowest BCUT2D eigenvalue weighted by atomic mass is 10.1. The van der Waals surface area contributed by atoms with E-state index in [1.165, 1.54) is 12.3 Å². The highest BCUT2D eigenvalue weighted by atomic mass is 16.6. The van der Waals surface area contributed by atoms with Gasteiger partial charge in [0.15, 0.2) is 11.5 Å². The number of carbonyl (C=O) groups excluding carboxylic acids is 1. The van der Waals surface area contributed by atoms with Crippen LogP contribution in [-0.4, -0.2) is 53.1 Å². The van der Waals surface area contributed by atoms with Gasteiger partial charge in [0.05, 0.1) is 24.8 Å². The zero-order chi connectivity index (χ0) is 27.6. The SMILES string of the molecule is COc1ccc(CNC(=O)c2ccc(-c3ccnc(NCCNc4ccc([N+](=O)[O-])cn4)n3)cc2)cc1OC. The van der Waals surface area contributed by atoms with Gasteiger partial charge in [-0.3, -0.25) is 14.9 Å². The Morgan fingerprint density at radius 3 is 2.38 bits per heavy atom. The van der Waals surface area contributed by atoms with Gasteiger partial charge in [-0.1, -0.05) is 18.2 Å². The number of hydrogen-bond acceptors (Lipinski definition) is 10. The lowest BCUT2D eigenvalue weighted by Crippen LogP contribution is -2.22. The fraction of sp³-hybridized carbons (Fsp3) is 0.185. The van der Waals surface area contributed by atoms with Crippen LogP contribution < -0.4 is 25.4 Å². The number of carbonyl (C=O) groups is 1. The normalized spacial score (nSPS) is 10.4. The Kier molecular flexibility index (Phi) is 8.80. The number of nitro groups is 1. The maximum absolute atomic E-state index is 12.7. The van der Waals surface area contributed by atoms with Gasteiger partial charge >= 0.3 is 0 Å². The minimum absolute atomic E-state index is 0.0628. The Labute approximate surface area is 224 Å². The maximum Gasteiger partial charge on any atom is 0.287 e. The first-order valence-electron chi connectivity index (χ1n) is 12.0. The van der Waals surface area contributed by atoms with Crippen LogP contribution in [0.4, 0.5) is 17.5 Å².